The van der Waals surface area contributed by atoms with Gasteiger partial charge in [-0.2, -0.15) is 0 Å². The number of esters is 1. The molecule has 0 bridgehead atoms. The molecule has 114 valence electrons. The number of likely N-dealkylation sites (N-methyl/N-ethyl adjacent to an activating group) is 1. The minimum Gasteiger partial charge on any atom is -0.452 e. The van der Waals surface area contributed by atoms with Crippen LogP contribution in [0, 0.1) is 6.92 Å². The van der Waals surface area contributed by atoms with Gasteiger partial charge < -0.3 is 20.3 Å². The molecule has 0 aromatic carbocycles. The summed E-state index contributed by atoms with van der Waals surface area (Å²) in [4.78, 5) is 31.8. The van der Waals surface area contributed by atoms with Crippen LogP contribution in [0.1, 0.15) is 16.1 Å². The third kappa shape index (κ3) is 3.91. The molecule has 1 fully saturated rings. The lowest BCUT2D eigenvalue weighted by molar-refractivity contribution is -0.136. The van der Waals surface area contributed by atoms with E-state index in [0.29, 0.717) is 30.0 Å². The molecule has 1 saturated heterocycles. The molecule has 0 atom stereocenters. The summed E-state index contributed by atoms with van der Waals surface area (Å²) in [5.41, 5.74) is 6.81. The molecule has 1 amide bonds. The Hall–Kier alpha value is -2.15. The van der Waals surface area contributed by atoms with E-state index in [1.54, 1.807) is 11.8 Å². The molecule has 2 heterocycles. The van der Waals surface area contributed by atoms with Gasteiger partial charge in [-0.1, -0.05) is 0 Å². The van der Waals surface area contributed by atoms with Crippen LogP contribution in [0.15, 0.2) is 12.3 Å². The SMILES string of the molecule is Cc1ncc(N)cc1C(=O)OCC(=O)N1CCN(C)CC1. The van der Waals surface area contributed by atoms with E-state index >= 15 is 0 Å². The van der Waals surface area contributed by atoms with Crippen LogP contribution < -0.4 is 5.73 Å². The number of rotatable bonds is 3. The summed E-state index contributed by atoms with van der Waals surface area (Å²) in [5.74, 6) is -0.749. The van der Waals surface area contributed by atoms with E-state index in [-0.39, 0.29) is 12.5 Å². The van der Waals surface area contributed by atoms with Crippen molar-refractivity contribution < 1.29 is 14.3 Å². The topological polar surface area (TPSA) is 88.8 Å². The molecule has 1 aromatic heterocycles. The fourth-order valence-corrected chi connectivity index (χ4v) is 2.11. The summed E-state index contributed by atoms with van der Waals surface area (Å²) in [7, 11) is 2.01. The number of carbonyl (C=O) groups excluding carboxylic acids is 2. The summed E-state index contributed by atoms with van der Waals surface area (Å²) >= 11 is 0. The van der Waals surface area contributed by atoms with Gasteiger partial charge >= 0.3 is 5.97 Å². The summed E-state index contributed by atoms with van der Waals surface area (Å²) in [6.45, 7) is 4.42. The molecule has 0 aliphatic carbocycles. The van der Waals surface area contributed by atoms with Crippen molar-refractivity contribution in [2.45, 2.75) is 6.92 Å². The highest BCUT2D eigenvalue weighted by molar-refractivity contribution is 5.93. The van der Waals surface area contributed by atoms with Gasteiger partial charge in [-0.3, -0.25) is 9.78 Å². The second-order valence-corrected chi connectivity index (χ2v) is 5.16. The van der Waals surface area contributed by atoms with Crippen LogP contribution in [0.4, 0.5) is 5.69 Å². The molecule has 1 aliphatic heterocycles. The third-order valence-electron chi connectivity index (χ3n) is 3.51. The smallest absolute Gasteiger partial charge is 0.340 e. The largest absolute Gasteiger partial charge is 0.452 e. The van der Waals surface area contributed by atoms with E-state index in [9.17, 15) is 9.59 Å². The number of pyridine rings is 1. The molecule has 7 heteroatoms. The Morgan fingerprint density at radius 2 is 2.00 bits per heavy atom. The zero-order chi connectivity index (χ0) is 15.4. The predicted octanol–water partition coefficient (Wildman–Crippen LogP) is -0.0970. The summed E-state index contributed by atoms with van der Waals surface area (Å²) < 4.78 is 5.07. The normalized spacial score (nSPS) is 15.8. The number of carbonyl (C=O) groups is 2. The van der Waals surface area contributed by atoms with E-state index in [2.05, 4.69) is 9.88 Å². The van der Waals surface area contributed by atoms with Crippen LogP contribution in [0.3, 0.4) is 0 Å². The zero-order valence-corrected chi connectivity index (χ0v) is 12.3. The Labute approximate surface area is 123 Å². The van der Waals surface area contributed by atoms with E-state index in [1.165, 1.54) is 12.3 Å². The number of aromatic nitrogens is 1. The molecule has 2 N–H and O–H groups in total. The van der Waals surface area contributed by atoms with Crippen molar-refractivity contribution in [2.24, 2.45) is 0 Å². The van der Waals surface area contributed by atoms with Gasteiger partial charge in [0.1, 0.15) is 0 Å². The van der Waals surface area contributed by atoms with Crippen molar-refractivity contribution in [3.8, 4) is 0 Å². The van der Waals surface area contributed by atoms with E-state index in [0.717, 1.165) is 13.1 Å². The van der Waals surface area contributed by atoms with Crippen molar-refractivity contribution >= 4 is 17.6 Å². The molecule has 2 rings (SSSR count). The minimum atomic E-state index is -0.574. The van der Waals surface area contributed by atoms with Gasteiger partial charge in [-0.25, -0.2) is 4.79 Å². The number of nitrogen functional groups attached to an aromatic ring is 1. The monoisotopic (exact) mass is 292 g/mol. The lowest BCUT2D eigenvalue weighted by Gasteiger charge is -2.32. The number of amides is 1. The zero-order valence-electron chi connectivity index (χ0n) is 12.3. The molecule has 0 spiro atoms. The summed E-state index contributed by atoms with van der Waals surface area (Å²) in [6.07, 6.45) is 1.47. The molecular formula is C14H20N4O3. The highest BCUT2D eigenvalue weighted by Crippen LogP contribution is 2.11. The van der Waals surface area contributed by atoms with E-state index in [4.69, 9.17) is 10.5 Å². The lowest BCUT2D eigenvalue weighted by atomic mass is 10.2. The van der Waals surface area contributed by atoms with Crippen molar-refractivity contribution in [1.82, 2.24) is 14.8 Å². The van der Waals surface area contributed by atoms with Crippen LogP contribution in [0.25, 0.3) is 0 Å². The second-order valence-electron chi connectivity index (χ2n) is 5.16. The van der Waals surface area contributed by atoms with Crippen LogP contribution >= 0.6 is 0 Å². The van der Waals surface area contributed by atoms with E-state index in [1.807, 2.05) is 7.05 Å². The average molecular weight is 292 g/mol. The van der Waals surface area contributed by atoms with Crippen molar-refractivity contribution in [2.75, 3.05) is 45.6 Å². The second kappa shape index (κ2) is 6.53. The number of hydrogen-bond acceptors (Lipinski definition) is 6. The maximum Gasteiger partial charge on any atom is 0.340 e. The van der Waals surface area contributed by atoms with Crippen molar-refractivity contribution in [1.29, 1.82) is 0 Å². The Morgan fingerprint density at radius 3 is 2.67 bits per heavy atom. The quantitative estimate of drug-likeness (QED) is 0.783. The van der Waals surface area contributed by atoms with Gasteiger partial charge in [0.25, 0.3) is 5.91 Å². The Bertz CT molecular complexity index is 539. The first-order valence-electron chi connectivity index (χ1n) is 6.83. The van der Waals surface area contributed by atoms with Gasteiger partial charge in [-0.05, 0) is 20.0 Å². The fraction of sp³-hybridized carbons (Fsp3) is 0.500. The first kappa shape index (κ1) is 15.2. The van der Waals surface area contributed by atoms with Gasteiger partial charge in [0, 0.05) is 26.2 Å². The van der Waals surface area contributed by atoms with Crippen LogP contribution in [0.2, 0.25) is 0 Å². The highest BCUT2D eigenvalue weighted by atomic mass is 16.5. The number of aryl methyl sites for hydroxylation is 1. The van der Waals surface area contributed by atoms with E-state index < -0.39 is 5.97 Å². The maximum absolute atomic E-state index is 12.0. The van der Waals surface area contributed by atoms with Gasteiger partial charge in [0.2, 0.25) is 0 Å². The molecule has 7 nitrogen and oxygen atoms in total. The number of piperazine rings is 1. The standard InChI is InChI=1S/C14H20N4O3/c1-10-12(7-11(15)8-16-10)14(20)21-9-13(19)18-5-3-17(2)4-6-18/h7-8H,3-6,9,15H2,1-2H3. The maximum atomic E-state index is 12.0. The van der Waals surface area contributed by atoms with Gasteiger partial charge in [0.15, 0.2) is 6.61 Å². The number of nitrogens with two attached hydrogens (primary N) is 1. The van der Waals surface area contributed by atoms with Crippen LogP contribution in [-0.2, 0) is 9.53 Å². The predicted molar refractivity (Wildman–Crippen MR) is 77.7 cm³/mol. The molecule has 1 aromatic rings. The lowest BCUT2D eigenvalue weighted by Crippen LogP contribution is -2.48. The van der Waals surface area contributed by atoms with Crippen LogP contribution in [0.5, 0.6) is 0 Å². The first-order chi connectivity index (χ1) is 9.97. The van der Waals surface area contributed by atoms with Crippen LogP contribution in [-0.4, -0.2) is 66.5 Å². The van der Waals surface area contributed by atoms with Crippen molar-refractivity contribution in [3.63, 3.8) is 0 Å². The number of anilines is 1. The summed E-state index contributed by atoms with van der Waals surface area (Å²) in [6, 6.07) is 1.50. The molecule has 0 unspecified atom stereocenters. The molecule has 0 radical (unpaired) electrons. The third-order valence-corrected chi connectivity index (χ3v) is 3.51. The highest BCUT2D eigenvalue weighted by Gasteiger charge is 2.21. The average Bonchev–Trinajstić information content (AvgIpc) is 2.47. The Kier molecular flexibility index (Phi) is 4.74. The Balaban J connectivity index is 1.89. The van der Waals surface area contributed by atoms with Gasteiger partial charge in [-0.15, -0.1) is 0 Å². The number of nitrogens with zero attached hydrogens (tertiary/aromatic N) is 3. The molecule has 1 aliphatic rings. The minimum absolute atomic E-state index is 0.175. The van der Waals surface area contributed by atoms with Crippen molar-refractivity contribution in [3.05, 3.63) is 23.5 Å². The Morgan fingerprint density at radius 1 is 1.33 bits per heavy atom. The van der Waals surface area contributed by atoms with Gasteiger partial charge in [0.05, 0.1) is 23.1 Å². The summed E-state index contributed by atoms with van der Waals surface area (Å²) in [5, 5.41) is 0. The molecular weight excluding hydrogens is 272 g/mol. The number of ether oxygens (including phenoxy) is 1. The number of hydrogen-bond donors (Lipinski definition) is 1. The molecule has 21 heavy (non-hydrogen) atoms. The molecule has 0 saturated carbocycles. The first-order valence-corrected chi connectivity index (χ1v) is 6.83. The fourth-order valence-electron chi connectivity index (χ4n) is 2.11.